The molecule has 1 heterocycles. The van der Waals surface area contributed by atoms with Gasteiger partial charge in [-0.15, -0.1) is 12.4 Å². The zero-order chi connectivity index (χ0) is 8.27. The van der Waals surface area contributed by atoms with Crippen molar-refractivity contribution >= 4 is 12.4 Å². The van der Waals surface area contributed by atoms with Crippen molar-refractivity contribution in [2.24, 2.45) is 5.73 Å². The van der Waals surface area contributed by atoms with Gasteiger partial charge < -0.3 is 5.73 Å². The van der Waals surface area contributed by atoms with Crippen molar-refractivity contribution in [3.8, 4) is 0 Å². The molecule has 2 nitrogen and oxygen atoms in total. The first-order chi connectivity index (χ1) is 5.24. The van der Waals surface area contributed by atoms with Crippen LogP contribution in [0, 0.1) is 0 Å². The highest BCUT2D eigenvalue weighted by molar-refractivity contribution is 5.85. The van der Waals surface area contributed by atoms with E-state index in [2.05, 4.69) is 0 Å². The van der Waals surface area contributed by atoms with Crippen LogP contribution in [0.15, 0.2) is 0 Å². The Morgan fingerprint density at radius 1 is 1.42 bits per heavy atom. The van der Waals surface area contributed by atoms with Crippen molar-refractivity contribution in [3.05, 3.63) is 0 Å². The van der Waals surface area contributed by atoms with Gasteiger partial charge in [0.05, 0.1) is 6.67 Å². The van der Waals surface area contributed by atoms with Crippen LogP contribution in [-0.4, -0.2) is 43.4 Å². The lowest BCUT2D eigenvalue weighted by Gasteiger charge is -2.12. The molecule has 0 aromatic carbocycles. The second kappa shape index (κ2) is 5.67. The molecule has 1 aliphatic heterocycles. The average Bonchev–Trinajstić information content (AvgIpc) is 2.28. The summed E-state index contributed by atoms with van der Waals surface area (Å²) in [6, 6.07) is -0.366. The Balaban J connectivity index is 0.00000121. The molecule has 0 amide bonds. The van der Waals surface area contributed by atoms with Gasteiger partial charge >= 0.3 is 0 Å². The van der Waals surface area contributed by atoms with Crippen LogP contribution in [0.25, 0.3) is 0 Å². The van der Waals surface area contributed by atoms with Crippen LogP contribution in [0.2, 0.25) is 0 Å². The lowest BCUT2D eigenvalue weighted by atomic mass is 10.3. The molecule has 2 atom stereocenters. The summed E-state index contributed by atoms with van der Waals surface area (Å²) >= 11 is 0. The minimum Gasteiger partial charge on any atom is -0.324 e. The summed E-state index contributed by atoms with van der Waals surface area (Å²) in [5, 5.41) is 0. The Labute approximate surface area is 77.5 Å². The molecular weight excluding hydrogens is 186 g/mol. The van der Waals surface area contributed by atoms with Crippen molar-refractivity contribution in [1.29, 1.82) is 0 Å². The van der Waals surface area contributed by atoms with Crippen LogP contribution in [0.5, 0.6) is 0 Å². The lowest BCUT2D eigenvalue weighted by molar-refractivity contribution is 0.274. The second-order valence-corrected chi connectivity index (χ2v) is 2.98. The van der Waals surface area contributed by atoms with Gasteiger partial charge in [-0.05, 0) is 6.42 Å². The quantitative estimate of drug-likeness (QED) is 0.729. The summed E-state index contributed by atoms with van der Waals surface area (Å²) < 4.78 is 24.4. The third-order valence-corrected chi connectivity index (χ3v) is 1.97. The average molecular weight is 201 g/mol. The summed E-state index contributed by atoms with van der Waals surface area (Å²) in [6.07, 6.45) is -0.436. The Hall–Kier alpha value is 0.0700. The van der Waals surface area contributed by atoms with Crippen LogP contribution in [-0.2, 0) is 0 Å². The van der Waals surface area contributed by atoms with Gasteiger partial charge in [0, 0.05) is 25.7 Å². The third kappa shape index (κ3) is 3.21. The number of nitrogens with two attached hydrogens (primary N) is 1. The maximum Gasteiger partial charge on any atom is 0.129 e. The number of likely N-dealkylation sites (tertiary alicyclic amines) is 1. The first-order valence-corrected chi connectivity index (χ1v) is 3.92. The van der Waals surface area contributed by atoms with Gasteiger partial charge in [-0.1, -0.05) is 0 Å². The van der Waals surface area contributed by atoms with Crippen LogP contribution >= 0.6 is 12.4 Å². The smallest absolute Gasteiger partial charge is 0.129 e. The molecule has 0 saturated carbocycles. The fourth-order valence-electron chi connectivity index (χ4n) is 1.34. The molecule has 2 N–H and O–H groups in total. The van der Waals surface area contributed by atoms with E-state index in [9.17, 15) is 8.78 Å². The maximum absolute atomic E-state index is 12.7. The summed E-state index contributed by atoms with van der Waals surface area (Å²) in [4.78, 5) is 1.87. The molecular formula is C7H15ClF2N2. The summed E-state index contributed by atoms with van der Waals surface area (Å²) in [6.45, 7) is 1.25. The molecule has 1 rings (SSSR count). The molecule has 5 heteroatoms. The summed E-state index contributed by atoms with van der Waals surface area (Å²) in [7, 11) is 0. The van der Waals surface area contributed by atoms with Crippen molar-refractivity contribution < 1.29 is 8.78 Å². The molecule has 74 valence electrons. The van der Waals surface area contributed by atoms with E-state index in [4.69, 9.17) is 5.73 Å². The zero-order valence-corrected chi connectivity index (χ0v) is 7.70. The zero-order valence-electron chi connectivity index (χ0n) is 6.88. The van der Waals surface area contributed by atoms with Crippen LogP contribution < -0.4 is 5.73 Å². The van der Waals surface area contributed by atoms with Crippen molar-refractivity contribution in [2.45, 2.75) is 18.6 Å². The molecule has 1 fully saturated rings. The number of alkyl halides is 2. The standard InChI is InChI=1S/C7H14F2N2.ClH/c8-2-1-3-11-4-6(9)7(10)5-11;/h6-7H,1-5,10H2;1H. The SMILES string of the molecule is Cl.NC1CN(CCCF)CC1F. The first-order valence-electron chi connectivity index (χ1n) is 3.92. The molecule has 12 heavy (non-hydrogen) atoms. The number of hydrogen-bond donors (Lipinski definition) is 1. The van der Waals surface area contributed by atoms with Crippen LogP contribution in [0.4, 0.5) is 8.78 Å². The Bertz CT molecular complexity index is 116. The second-order valence-electron chi connectivity index (χ2n) is 2.98. The Kier molecular flexibility index (Phi) is 5.70. The van der Waals surface area contributed by atoms with Crippen molar-refractivity contribution in [3.63, 3.8) is 0 Å². The van der Waals surface area contributed by atoms with E-state index in [1.807, 2.05) is 4.90 Å². The molecule has 1 aliphatic rings. The van der Waals surface area contributed by atoms with E-state index in [-0.39, 0.29) is 25.1 Å². The number of nitrogens with zero attached hydrogens (tertiary/aromatic N) is 1. The highest BCUT2D eigenvalue weighted by Gasteiger charge is 2.28. The van der Waals surface area contributed by atoms with Crippen LogP contribution in [0.1, 0.15) is 6.42 Å². The van der Waals surface area contributed by atoms with Crippen molar-refractivity contribution in [1.82, 2.24) is 4.90 Å². The maximum atomic E-state index is 12.7. The van der Waals surface area contributed by atoms with E-state index in [1.54, 1.807) is 0 Å². The minimum atomic E-state index is -0.922. The van der Waals surface area contributed by atoms with Gasteiger partial charge in [0.25, 0.3) is 0 Å². The van der Waals surface area contributed by atoms with E-state index in [0.29, 0.717) is 26.1 Å². The number of hydrogen-bond acceptors (Lipinski definition) is 2. The Morgan fingerprint density at radius 2 is 2.08 bits per heavy atom. The summed E-state index contributed by atoms with van der Waals surface area (Å²) in [5.74, 6) is 0. The van der Waals surface area contributed by atoms with E-state index in [0.717, 1.165) is 0 Å². The molecule has 0 aromatic heterocycles. The van der Waals surface area contributed by atoms with E-state index in [1.165, 1.54) is 0 Å². The fraction of sp³-hybridized carbons (Fsp3) is 1.00. The highest BCUT2D eigenvalue weighted by Crippen LogP contribution is 2.11. The number of halogens is 3. The predicted molar refractivity (Wildman–Crippen MR) is 47.2 cm³/mol. The van der Waals surface area contributed by atoms with Crippen LogP contribution in [0.3, 0.4) is 0 Å². The molecule has 2 unspecified atom stereocenters. The Morgan fingerprint density at radius 3 is 2.50 bits per heavy atom. The van der Waals surface area contributed by atoms with Gasteiger partial charge in [0.15, 0.2) is 0 Å². The van der Waals surface area contributed by atoms with E-state index >= 15 is 0 Å². The molecule has 0 bridgehead atoms. The fourth-order valence-corrected chi connectivity index (χ4v) is 1.34. The van der Waals surface area contributed by atoms with Gasteiger partial charge in [-0.25, -0.2) is 4.39 Å². The molecule has 0 aromatic rings. The molecule has 0 spiro atoms. The van der Waals surface area contributed by atoms with Gasteiger partial charge in [-0.3, -0.25) is 9.29 Å². The molecule has 0 aliphatic carbocycles. The van der Waals surface area contributed by atoms with E-state index < -0.39 is 6.17 Å². The van der Waals surface area contributed by atoms with Gasteiger partial charge in [-0.2, -0.15) is 0 Å². The van der Waals surface area contributed by atoms with Gasteiger partial charge in [0.2, 0.25) is 0 Å². The summed E-state index contributed by atoms with van der Waals surface area (Å²) in [5.41, 5.74) is 5.43. The number of rotatable bonds is 3. The topological polar surface area (TPSA) is 29.3 Å². The van der Waals surface area contributed by atoms with Gasteiger partial charge in [0.1, 0.15) is 6.17 Å². The normalized spacial score (nSPS) is 30.2. The minimum absolute atomic E-state index is 0. The first kappa shape index (κ1) is 12.1. The molecule has 0 radical (unpaired) electrons. The lowest BCUT2D eigenvalue weighted by Crippen LogP contribution is -2.30. The largest absolute Gasteiger partial charge is 0.324 e. The molecule has 1 saturated heterocycles. The highest BCUT2D eigenvalue weighted by atomic mass is 35.5. The monoisotopic (exact) mass is 200 g/mol. The third-order valence-electron chi connectivity index (χ3n) is 1.97. The predicted octanol–water partition coefficient (Wildman–Crippen LogP) is 0.749. The van der Waals surface area contributed by atoms with Crippen molar-refractivity contribution in [2.75, 3.05) is 26.3 Å².